The molecule has 0 saturated carbocycles. The van der Waals surface area contributed by atoms with Crippen molar-refractivity contribution < 1.29 is 19.0 Å². The average Bonchev–Trinajstić information content (AvgIpc) is 2.61. The number of methoxy groups -OCH3 is 1. The lowest BCUT2D eigenvalue weighted by atomic mass is 10.2. The molecule has 0 atom stereocenters. The molecule has 0 heterocycles. The van der Waals surface area contributed by atoms with E-state index >= 15 is 0 Å². The lowest BCUT2D eigenvalue weighted by Gasteiger charge is -2.20. The van der Waals surface area contributed by atoms with Gasteiger partial charge in [-0.15, -0.1) is 0 Å². The molecular formula is C19H32N4O4. The Hall–Kier alpha value is -2.48. The minimum atomic E-state index is -0.501. The predicted octanol–water partition coefficient (Wildman–Crippen LogP) is 1.90. The molecule has 0 fully saturated rings. The molecule has 0 aliphatic carbocycles. The van der Waals surface area contributed by atoms with Gasteiger partial charge < -0.3 is 30.2 Å². The maximum absolute atomic E-state index is 11.6. The highest BCUT2D eigenvalue weighted by molar-refractivity contribution is 5.79. The van der Waals surface area contributed by atoms with E-state index in [9.17, 15) is 4.79 Å². The van der Waals surface area contributed by atoms with Crippen LogP contribution in [-0.2, 0) is 16.0 Å². The van der Waals surface area contributed by atoms with E-state index in [1.807, 2.05) is 45.0 Å². The molecule has 0 aliphatic heterocycles. The number of guanidine groups is 1. The van der Waals surface area contributed by atoms with Crippen LogP contribution in [0.15, 0.2) is 29.3 Å². The second kappa shape index (κ2) is 12.0. The van der Waals surface area contributed by atoms with Gasteiger partial charge in [-0.1, -0.05) is 12.1 Å². The van der Waals surface area contributed by atoms with Crippen molar-refractivity contribution in [2.24, 2.45) is 4.99 Å². The van der Waals surface area contributed by atoms with Crippen molar-refractivity contribution in [3.63, 3.8) is 0 Å². The number of rotatable bonds is 9. The third kappa shape index (κ3) is 11.0. The van der Waals surface area contributed by atoms with Gasteiger partial charge in [-0.2, -0.15) is 0 Å². The SMILES string of the molecule is CN=C(NCCNC(=O)OC(C)(C)C)NCc1ccc(OCCOC)cc1. The van der Waals surface area contributed by atoms with Crippen molar-refractivity contribution in [3.05, 3.63) is 29.8 Å². The summed E-state index contributed by atoms with van der Waals surface area (Å²) in [6, 6.07) is 7.83. The van der Waals surface area contributed by atoms with Crippen LogP contribution in [0.5, 0.6) is 5.75 Å². The molecule has 8 heteroatoms. The summed E-state index contributed by atoms with van der Waals surface area (Å²) in [6.45, 7) is 8.17. The fourth-order valence-corrected chi connectivity index (χ4v) is 2.01. The van der Waals surface area contributed by atoms with Crippen LogP contribution in [0.3, 0.4) is 0 Å². The molecule has 0 aromatic heterocycles. The van der Waals surface area contributed by atoms with Gasteiger partial charge in [0.1, 0.15) is 18.0 Å². The molecule has 8 nitrogen and oxygen atoms in total. The Bertz CT molecular complexity index is 582. The number of nitrogens with one attached hydrogen (secondary N) is 3. The number of carbonyl (C=O) groups is 1. The van der Waals surface area contributed by atoms with Crippen molar-refractivity contribution in [1.29, 1.82) is 0 Å². The fraction of sp³-hybridized carbons (Fsp3) is 0.579. The molecule has 27 heavy (non-hydrogen) atoms. The van der Waals surface area contributed by atoms with E-state index in [1.165, 1.54) is 0 Å². The molecule has 0 spiro atoms. The molecule has 0 saturated heterocycles. The number of nitrogens with zero attached hydrogens (tertiary/aromatic N) is 1. The van der Waals surface area contributed by atoms with E-state index in [0.717, 1.165) is 11.3 Å². The number of benzene rings is 1. The maximum atomic E-state index is 11.6. The molecule has 0 radical (unpaired) electrons. The van der Waals surface area contributed by atoms with E-state index in [1.54, 1.807) is 14.2 Å². The van der Waals surface area contributed by atoms with Gasteiger partial charge in [0.2, 0.25) is 0 Å². The quantitative estimate of drug-likeness (QED) is 0.344. The van der Waals surface area contributed by atoms with Gasteiger partial charge in [0.15, 0.2) is 5.96 Å². The molecule has 0 bridgehead atoms. The summed E-state index contributed by atoms with van der Waals surface area (Å²) >= 11 is 0. The van der Waals surface area contributed by atoms with E-state index in [4.69, 9.17) is 14.2 Å². The second-order valence-electron chi connectivity index (χ2n) is 6.77. The topological polar surface area (TPSA) is 93.2 Å². The number of carbonyl (C=O) groups excluding carboxylic acids is 1. The summed E-state index contributed by atoms with van der Waals surface area (Å²) in [5.41, 5.74) is 0.600. The zero-order chi connectivity index (χ0) is 20.1. The molecule has 1 aromatic rings. The first kappa shape index (κ1) is 22.6. The first-order valence-corrected chi connectivity index (χ1v) is 8.96. The number of ether oxygens (including phenoxy) is 3. The number of hydrogen-bond acceptors (Lipinski definition) is 5. The zero-order valence-electron chi connectivity index (χ0n) is 16.9. The Morgan fingerprint density at radius 3 is 2.30 bits per heavy atom. The Labute approximate surface area is 161 Å². The second-order valence-corrected chi connectivity index (χ2v) is 6.77. The molecule has 152 valence electrons. The third-order valence-corrected chi connectivity index (χ3v) is 3.25. The molecule has 0 aliphatic rings. The van der Waals surface area contributed by atoms with Crippen LogP contribution in [0.4, 0.5) is 4.79 Å². The predicted molar refractivity (Wildman–Crippen MR) is 106 cm³/mol. The summed E-state index contributed by atoms with van der Waals surface area (Å²) in [6.07, 6.45) is -0.431. The van der Waals surface area contributed by atoms with E-state index in [0.29, 0.717) is 38.8 Å². The van der Waals surface area contributed by atoms with Gasteiger partial charge in [-0.3, -0.25) is 4.99 Å². The smallest absolute Gasteiger partial charge is 0.407 e. The van der Waals surface area contributed by atoms with Gasteiger partial charge in [0.05, 0.1) is 6.61 Å². The minimum Gasteiger partial charge on any atom is -0.491 e. The minimum absolute atomic E-state index is 0.431. The van der Waals surface area contributed by atoms with Gasteiger partial charge in [0, 0.05) is 33.8 Å². The van der Waals surface area contributed by atoms with Gasteiger partial charge in [0.25, 0.3) is 0 Å². The van der Waals surface area contributed by atoms with Crippen molar-refractivity contribution in [2.75, 3.05) is 40.5 Å². The highest BCUT2D eigenvalue weighted by Gasteiger charge is 2.15. The molecule has 3 N–H and O–H groups in total. The monoisotopic (exact) mass is 380 g/mol. The van der Waals surface area contributed by atoms with Crippen LogP contribution in [0.1, 0.15) is 26.3 Å². The Kier molecular flexibility index (Phi) is 10.0. The molecular weight excluding hydrogens is 348 g/mol. The van der Waals surface area contributed by atoms with Gasteiger partial charge in [-0.25, -0.2) is 4.79 Å². The van der Waals surface area contributed by atoms with Crippen molar-refractivity contribution in [2.45, 2.75) is 32.9 Å². The first-order chi connectivity index (χ1) is 12.8. The standard InChI is InChI=1S/C19H32N4O4/c1-19(2,3)27-18(24)22-11-10-21-17(20-4)23-14-15-6-8-16(9-7-15)26-13-12-25-5/h6-9H,10-14H2,1-5H3,(H,22,24)(H2,20,21,23). The Balaban J connectivity index is 2.27. The largest absolute Gasteiger partial charge is 0.491 e. The van der Waals surface area contributed by atoms with Gasteiger partial charge in [-0.05, 0) is 38.5 Å². The first-order valence-electron chi connectivity index (χ1n) is 8.96. The highest BCUT2D eigenvalue weighted by atomic mass is 16.6. The molecule has 1 amide bonds. The number of aliphatic imine (C=N–C) groups is 1. The lowest BCUT2D eigenvalue weighted by Crippen LogP contribution is -2.42. The van der Waals surface area contributed by atoms with Gasteiger partial charge >= 0.3 is 6.09 Å². The lowest BCUT2D eigenvalue weighted by molar-refractivity contribution is 0.0529. The zero-order valence-corrected chi connectivity index (χ0v) is 16.9. The summed E-state index contributed by atoms with van der Waals surface area (Å²) in [7, 11) is 3.34. The number of hydrogen-bond donors (Lipinski definition) is 3. The Morgan fingerprint density at radius 1 is 1.04 bits per heavy atom. The fourth-order valence-electron chi connectivity index (χ4n) is 2.01. The summed E-state index contributed by atoms with van der Waals surface area (Å²) in [4.78, 5) is 15.7. The van der Waals surface area contributed by atoms with E-state index in [2.05, 4.69) is 20.9 Å². The molecule has 1 aromatic carbocycles. The van der Waals surface area contributed by atoms with E-state index < -0.39 is 11.7 Å². The van der Waals surface area contributed by atoms with Crippen LogP contribution in [0.25, 0.3) is 0 Å². The van der Waals surface area contributed by atoms with E-state index in [-0.39, 0.29) is 0 Å². The molecule has 1 rings (SSSR count). The maximum Gasteiger partial charge on any atom is 0.407 e. The van der Waals surface area contributed by atoms with Crippen LogP contribution < -0.4 is 20.7 Å². The average molecular weight is 380 g/mol. The highest BCUT2D eigenvalue weighted by Crippen LogP contribution is 2.12. The Morgan fingerprint density at radius 2 is 1.70 bits per heavy atom. The third-order valence-electron chi connectivity index (χ3n) is 3.25. The summed E-state index contributed by atoms with van der Waals surface area (Å²) in [5.74, 6) is 1.47. The van der Waals surface area contributed by atoms with Crippen molar-refractivity contribution in [3.8, 4) is 5.75 Å². The van der Waals surface area contributed by atoms with Crippen LogP contribution in [-0.4, -0.2) is 58.1 Å². The van der Waals surface area contributed by atoms with Crippen LogP contribution >= 0.6 is 0 Å². The normalized spacial score (nSPS) is 11.7. The van der Waals surface area contributed by atoms with Crippen molar-refractivity contribution >= 4 is 12.1 Å². The summed E-state index contributed by atoms with van der Waals surface area (Å²) < 4.78 is 15.7. The number of amides is 1. The summed E-state index contributed by atoms with van der Waals surface area (Å²) in [5, 5.41) is 9.04. The van der Waals surface area contributed by atoms with Crippen LogP contribution in [0, 0.1) is 0 Å². The number of alkyl carbamates (subject to hydrolysis) is 1. The van der Waals surface area contributed by atoms with Crippen molar-refractivity contribution in [1.82, 2.24) is 16.0 Å². The molecule has 0 unspecified atom stereocenters. The van der Waals surface area contributed by atoms with Crippen LogP contribution in [0.2, 0.25) is 0 Å².